The number of nitrogens with one attached hydrogen (secondary N) is 1. The highest BCUT2D eigenvalue weighted by atomic mass is 32.1. The van der Waals surface area contributed by atoms with E-state index in [9.17, 15) is 9.59 Å². The smallest absolute Gasteiger partial charge is 0.251 e. The SMILES string of the molecule is COc1ccc(-c2nnn(CC(=O)N(c3ccc4c(c3)OCCO4)C(C(=O)NC3CCCC3)c3cccs3)n2)cc1. The molecule has 0 spiro atoms. The minimum atomic E-state index is -0.893. The standard InChI is InChI=1S/C29H30N6O5S/c1-38-22-11-8-19(9-12-22)28-31-33-34(32-28)18-26(36)35(21-10-13-23-24(17-21)40-15-14-39-23)27(25-7-4-16-41-25)29(37)30-20-5-2-3-6-20/h4,7-13,16-17,20,27H,2-3,5-6,14-15,18H2,1H3,(H,30,37). The van der Waals surface area contributed by atoms with E-state index in [0.717, 1.165) is 36.1 Å². The van der Waals surface area contributed by atoms with E-state index in [1.54, 1.807) is 37.4 Å². The minimum absolute atomic E-state index is 0.0891. The monoisotopic (exact) mass is 574 g/mol. The Hall–Kier alpha value is -4.45. The van der Waals surface area contributed by atoms with Crippen LogP contribution in [-0.4, -0.2) is 58.4 Å². The summed E-state index contributed by atoms with van der Waals surface area (Å²) in [6, 6.07) is 15.5. The number of aromatic nitrogens is 4. The number of carbonyl (C=O) groups is 2. The van der Waals surface area contributed by atoms with E-state index in [0.29, 0.717) is 42.0 Å². The molecule has 1 saturated carbocycles. The van der Waals surface area contributed by atoms with Crippen molar-refractivity contribution < 1.29 is 23.8 Å². The highest BCUT2D eigenvalue weighted by Crippen LogP contribution is 2.38. The first-order valence-electron chi connectivity index (χ1n) is 13.6. The molecule has 1 atom stereocenters. The van der Waals surface area contributed by atoms with Crippen LogP contribution in [-0.2, 0) is 16.1 Å². The lowest BCUT2D eigenvalue weighted by molar-refractivity contribution is -0.127. The predicted molar refractivity (Wildman–Crippen MR) is 152 cm³/mol. The Morgan fingerprint density at radius 1 is 1.10 bits per heavy atom. The van der Waals surface area contributed by atoms with Gasteiger partial charge in [-0.2, -0.15) is 4.80 Å². The quantitative estimate of drug-likeness (QED) is 0.318. The molecule has 1 unspecified atom stereocenters. The molecule has 1 N–H and O–H groups in total. The summed E-state index contributed by atoms with van der Waals surface area (Å²) in [7, 11) is 1.60. The van der Waals surface area contributed by atoms with E-state index in [1.165, 1.54) is 21.0 Å². The lowest BCUT2D eigenvalue weighted by Gasteiger charge is -2.32. The van der Waals surface area contributed by atoms with Crippen molar-refractivity contribution in [3.63, 3.8) is 0 Å². The Labute approximate surface area is 241 Å². The maximum absolute atomic E-state index is 14.1. The number of thiophene rings is 1. The second-order valence-electron chi connectivity index (χ2n) is 9.87. The van der Waals surface area contributed by atoms with Crippen LogP contribution in [0.4, 0.5) is 5.69 Å². The van der Waals surface area contributed by atoms with E-state index < -0.39 is 6.04 Å². The molecule has 1 aliphatic heterocycles. The van der Waals surface area contributed by atoms with Gasteiger partial charge < -0.3 is 19.5 Å². The zero-order valence-electron chi connectivity index (χ0n) is 22.6. The Bertz CT molecular complexity index is 1500. The van der Waals surface area contributed by atoms with Crippen molar-refractivity contribution in [1.82, 2.24) is 25.5 Å². The first-order valence-corrected chi connectivity index (χ1v) is 14.4. The number of hydrogen-bond donors (Lipinski definition) is 1. The molecule has 2 aliphatic rings. The van der Waals surface area contributed by atoms with E-state index in [2.05, 4.69) is 20.7 Å². The molecule has 212 valence electrons. The number of benzene rings is 2. The molecule has 11 nitrogen and oxygen atoms in total. The number of hydrogen-bond acceptors (Lipinski definition) is 9. The van der Waals surface area contributed by atoms with Crippen LogP contribution in [0.5, 0.6) is 17.2 Å². The normalized spacial score (nSPS) is 15.3. The Morgan fingerprint density at radius 2 is 1.88 bits per heavy atom. The fraction of sp³-hybridized carbons (Fsp3) is 0.345. The molecule has 3 heterocycles. The van der Waals surface area contributed by atoms with Gasteiger partial charge in [-0.1, -0.05) is 18.9 Å². The zero-order valence-corrected chi connectivity index (χ0v) is 23.4. The van der Waals surface area contributed by atoms with Gasteiger partial charge in [0.15, 0.2) is 11.5 Å². The van der Waals surface area contributed by atoms with Crippen molar-refractivity contribution in [2.24, 2.45) is 0 Å². The summed E-state index contributed by atoms with van der Waals surface area (Å²) in [5.41, 5.74) is 1.25. The number of nitrogens with zero attached hydrogens (tertiary/aromatic N) is 5. The first kappa shape index (κ1) is 26.8. The van der Waals surface area contributed by atoms with Crippen LogP contribution >= 0.6 is 11.3 Å². The number of anilines is 1. The minimum Gasteiger partial charge on any atom is -0.497 e. The van der Waals surface area contributed by atoms with E-state index in [1.807, 2.05) is 29.6 Å². The van der Waals surface area contributed by atoms with Crippen LogP contribution in [0.1, 0.15) is 36.6 Å². The number of fused-ring (bicyclic) bond motifs is 1. The maximum atomic E-state index is 14.1. The average molecular weight is 575 g/mol. The van der Waals surface area contributed by atoms with Gasteiger partial charge in [-0.15, -0.1) is 21.5 Å². The molecule has 2 aromatic carbocycles. The maximum Gasteiger partial charge on any atom is 0.251 e. The Kier molecular flexibility index (Phi) is 7.81. The van der Waals surface area contributed by atoms with Crippen LogP contribution in [0, 0.1) is 0 Å². The summed E-state index contributed by atoms with van der Waals surface area (Å²) < 4.78 is 16.7. The number of tetrazole rings is 1. The van der Waals surface area contributed by atoms with Crippen LogP contribution in [0.15, 0.2) is 60.0 Å². The topological polar surface area (TPSA) is 121 Å². The number of rotatable bonds is 9. The van der Waals surface area contributed by atoms with Crippen molar-refractivity contribution in [3.8, 4) is 28.6 Å². The van der Waals surface area contributed by atoms with E-state index in [4.69, 9.17) is 14.2 Å². The van der Waals surface area contributed by atoms with E-state index in [-0.39, 0.29) is 24.4 Å². The summed E-state index contributed by atoms with van der Waals surface area (Å²) in [5, 5.41) is 17.8. The molecule has 0 bridgehead atoms. The molecular weight excluding hydrogens is 544 g/mol. The summed E-state index contributed by atoms with van der Waals surface area (Å²) in [4.78, 5) is 31.5. The van der Waals surface area contributed by atoms with Crippen molar-refractivity contribution in [2.75, 3.05) is 25.2 Å². The largest absolute Gasteiger partial charge is 0.497 e. The fourth-order valence-corrected chi connectivity index (χ4v) is 5.97. The Morgan fingerprint density at radius 3 is 2.61 bits per heavy atom. The number of amides is 2. The highest BCUT2D eigenvalue weighted by Gasteiger charge is 2.36. The van der Waals surface area contributed by atoms with Gasteiger partial charge in [-0.25, -0.2) is 0 Å². The molecule has 4 aromatic rings. The van der Waals surface area contributed by atoms with Crippen molar-refractivity contribution in [1.29, 1.82) is 0 Å². The second kappa shape index (κ2) is 12.0. The van der Waals surface area contributed by atoms with Gasteiger partial charge in [-0.05, 0) is 65.9 Å². The van der Waals surface area contributed by atoms with Gasteiger partial charge in [0.05, 0.1) is 7.11 Å². The van der Waals surface area contributed by atoms with Crippen LogP contribution < -0.4 is 24.4 Å². The van der Waals surface area contributed by atoms with Crippen molar-refractivity contribution in [2.45, 2.75) is 44.3 Å². The van der Waals surface area contributed by atoms with Crippen LogP contribution in [0.2, 0.25) is 0 Å². The van der Waals surface area contributed by atoms with Crippen molar-refractivity contribution in [3.05, 3.63) is 64.9 Å². The van der Waals surface area contributed by atoms with Gasteiger partial charge in [0, 0.05) is 28.2 Å². The molecule has 0 radical (unpaired) electrons. The van der Waals surface area contributed by atoms with Gasteiger partial charge in [-0.3, -0.25) is 14.5 Å². The van der Waals surface area contributed by atoms with E-state index >= 15 is 0 Å². The molecule has 0 saturated heterocycles. The third-order valence-electron chi connectivity index (χ3n) is 7.17. The van der Waals surface area contributed by atoms with Crippen LogP contribution in [0.25, 0.3) is 11.4 Å². The molecule has 1 aliphatic carbocycles. The van der Waals surface area contributed by atoms with Crippen LogP contribution in [0.3, 0.4) is 0 Å². The molecular formula is C29H30N6O5S. The predicted octanol–water partition coefficient (Wildman–Crippen LogP) is 4.01. The third kappa shape index (κ3) is 5.87. The molecule has 1 fully saturated rings. The molecule has 2 amide bonds. The summed E-state index contributed by atoms with van der Waals surface area (Å²) >= 11 is 1.43. The summed E-state index contributed by atoms with van der Waals surface area (Å²) in [5.74, 6) is 1.60. The second-order valence-corrected chi connectivity index (χ2v) is 10.9. The zero-order chi connectivity index (χ0) is 28.2. The molecule has 12 heteroatoms. The molecule has 6 rings (SSSR count). The third-order valence-corrected chi connectivity index (χ3v) is 8.10. The number of ether oxygens (including phenoxy) is 3. The molecule has 41 heavy (non-hydrogen) atoms. The van der Waals surface area contributed by atoms with Crippen molar-refractivity contribution >= 4 is 28.8 Å². The fourth-order valence-electron chi connectivity index (χ4n) is 5.15. The lowest BCUT2D eigenvalue weighted by Crippen LogP contribution is -2.47. The van der Waals surface area contributed by atoms with Gasteiger partial charge >= 0.3 is 0 Å². The summed E-state index contributed by atoms with van der Waals surface area (Å²) in [6.07, 6.45) is 4.01. The van der Waals surface area contributed by atoms with Gasteiger partial charge in [0.25, 0.3) is 5.91 Å². The first-order chi connectivity index (χ1) is 20.1. The number of methoxy groups -OCH3 is 1. The number of carbonyl (C=O) groups excluding carboxylic acids is 2. The molecule has 2 aromatic heterocycles. The lowest BCUT2D eigenvalue weighted by atomic mass is 10.1. The Balaban J connectivity index is 1.33. The van der Waals surface area contributed by atoms with Gasteiger partial charge in [0.2, 0.25) is 11.7 Å². The average Bonchev–Trinajstić information content (AvgIpc) is 3.80. The summed E-state index contributed by atoms with van der Waals surface area (Å²) in [6.45, 7) is 0.624. The van der Waals surface area contributed by atoms with Gasteiger partial charge in [0.1, 0.15) is 31.5 Å². The highest BCUT2D eigenvalue weighted by molar-refractivity contribution is 7.10.